The van der Waals surface area contributed by atoms with Gasteiger partial charge in [-0.2, -0.15) is 0 Å². The van der Waals surface area contributed by atoms with E-state index in [2.05, 4.69) is 11.4 Å². The van der Waals surface area contributed by atoms with Gasteiger partial charge in [0.1, 0.15) is 17.6 Å². The fraction of sp³-hybridized carbons (Fsp3) is 0.389. The second-order valence-corrected chi connectivity index (χ2v) is 5.73. The Kier molecular flexibility index (Phi) is 5.38. The van der Waals surface area contributed by atoms with Crippen LogP contribution in [-0.2, 0) is 17.7 Å². The summed E-state index contributed by atoms with van der Waals surface area (Å²) in [6.45, 7) is 1.84. The molecule has 1 unspecified atom stereocenters. The lowest BCUT2D eigenvalue weighted by Crippen LogP contribution is -2.44. The molecule has 6 heteroatoms. The molecular weight excluding hydrogens is 308 g/mol. The average molecular weight is 330 g/mol. The standard InChI is InChI=1S/C18H22N2O4/c1-22-10-8-20(13-15-6-4-9-23-15)18(21)19-12-16-11-14-5-2-3-7-17(14)24-16/h2-7,9,16H,8,10-13H2,1H3,(H,19,21). The van der Waals surface area contributed by atoms with Gasteiger partial charge in [-0.3, -0.25) is 0 Å². The van der Waals surface area contributed by atoms with Crippen molar-refractivity contribution in [1.29, 1.82) is 0 Å². The van der Waals surface area contributed by atoms with Gasteiger partial charge >= 0.3 is 6.03 Å². The van der Waals surface area contributed by atoms with Gasteiger partial charge in [0, 0.05) is 20.1 Å². The Hall–Kier alpha value is -2.47. The van der Waals surface area contributed by atoms with Crippen molar-refractivity contribution in [2.45, 2.75) is 19.1 Å². The Morgan fingerprint density at radius 2 is 2.21 bits per heavy atom. The zero-order valence-electron chi connectivity index (χ0n) is 13.7. The van der Waals surface area contributed by atoms with E-state index in [1.54, 1.807) is 18.3 Å². The minimum absolute atomic E-state index is 0.0285. The summed E-state index contributed by atoms with van der Waals surface area (Å²) < 4.78 is 16.3. The maximum absolute atomic E-state index is 12.5. The van der Waals surface area contributed by atoms with Gasteiger partial charge in [0.15, 0.2) is 0 Å². The molecule has 0 aliphatic carbocycles. The molecule has 1 aromatic heterocycles. The van der Waals surface area contributed by atoms with Crippen molar-refractivity contribution in [2.75, 3.05) is 26.8 Å². The van der Waals surface area contributed by atoms with Gasteiger partial charge < -0.3 is 24.1 Å². The molecule has 6 nitrogen and oxygen atoms in total. The number of amides is 2. The molecule has 24 heavy (non-hydrogen) atoms. The van der Waals surface area contributed by atoms with Gasteiger partial charge in [-0.25, -0.2) is 4.79 Å². The molecule has 2 amide bonds. The summed E-state index contributed by atoms with van der Waals surface area (Å²) >= 11 is 0. The molecule has 0 fully saturated rings. The number of nitrogens with zero attached hydrogens (tertiary/aromatic N) is 1. The molecule has 2 aromatic rings. The number of hydrogen-bond donors (Lipinski definition) is 1. The highest BCUT2D eigenvalue weighted by molar-refractivity contribution is 5.74. The normalized spacial score (nSPS) is 15.6. The largest absolute Gasteiger partial charge is 0.488 e. The van der Waals surface area contributed by atoms with Crippen LogP contribution in [0.3, 0.4) is 0 Å². The third-order valence-corrected chi connectivity index (χ3v) is 3.97. The van der Waals surface area contributed by atoms with Crippen molar-refractivity contribution < 1.29 is 18.7 Å². The molecule has 0 bridgehead atoms. The molecule has 1 atom stereocenters. The summed E-state index contributed by atoms with van der Waals surface area (Å²) in [5.41, 5.74) is 1.18. The lowest BCUT2D eigenvalue weighted by atomic mass is 10.1. The van der Waals surface area contributed by atoms with Crippen molar-refractivity contribution in [3.05, 3.63) is 54.0 Å². The molecule has 3 rings (SSSR count). The molecule has 128 valence electrons. The third-order valence-electron chi connectivity index (χ3n) is 3.97. The smallest absolute Gasteiger partial charge is 0.318 e. The summed E-state index contributed by atoms with van der Waals surface area (Å²) in [5.74, 6) is 1.65. The second kappa shape index (κ2) is 7.88. The Morgan fingerprint density at radius 1 is 1.33 bits per heavy atom. The number of benzene rings is 1. The van der Waals surface area contributed by atoms with E-state index in [-0.39, 0.29) is 12.1 Å². The van der Waals surface area contributed by atoms with Crippen LogP contribution < -0.4 is 10.1 Å². The first-order valence-electron chi connectivity index (χ1n) is 8.05. The molecule has 0 radical (unpaired) electrons. The minimum atomic E-state index is -0.150. The van der Waals surface area contributed by atoms with E-state index in [1.807, 2.05) is 30.3 Å². The maximum Gasteiger partial charge on any atom is 0.318 e. The van der Waals surface area contributed by atoms with Crippen LogP contribution in [0.1, 0.15) is 11.3 Å². The Labute approximate surface area is 141 Å². The maximum atomic E-state index is 12.5. The van der Waals surface area contributed by atoms with Gasteiger partial charge in [0.2, 0.25) is 0 Å². The number of para-hydroxylation sites is 1. The van der Waals surface area contributed by atoms with Crippen LogP contribution in [0, 0.1) is 0 Å². The SMILES string of the molecule is COCCN(Cc1ccco1)C(=O)NCC1Cc2ccccc2O1. The topological polar surface area (TPSA) is 63.9 Å². The third kappa shape index (κ3) is 4.08. The summed E-state index contributed by atoms with van der Waals surface area (Å²) in [7, 11) is 1.62. The van der Waals surface area contributed by atoms with Crippen LogP contribution in [0.25, 0.3) is 0 Å². The Bertz CT molecular complexity index is 632. The van der Waals surface area contributed by atoms with Crippen molar-refractivity contribution in [3.63, 3.8) is 0 Å². The van der Waals surface area contributed by atoms with Crippen LogP contribution in [0.4, 0.5) is 4.79 Å². The number of rotatable bonds is 7. The Morgan fingerprint density at radius 3 is 2.96 bits per heavy atom. The fourth-order valence-corrected chi connectivity index (χ4v) is 2.73. The Balaban J connectivity index is 1.52. The van der Waals surface area contributed by atoms with E-state index >= 15 is 0 Å². The molecule has 1 aliphatic rings. The van der Waals surface area contributed by atoms with E-state index in [0.717, 1.165) is 17.9 Å². The predicted molar refractivity (Wildman–Crippen MR) is 89.0 cm³/mol. The van der Waals surface area contributed by atoms with Crippen molar-refractivity contribution in [1.82, 2.24) is 10.2 Å². The fourth-order valence-electron chi connectivity index (χ4n) is 2.73. The van der Waals surface area contributed by atoms with Crippen LogP contribution >= 0.6 is 0 Å². The lowest BCUT2D eigenvalue weighted by Gasteiger charge is -2.22. The summed E-state index contributed by atoms with van der Waals surface area (Å²) in [5, 5.41) is 2.95. The molecule has 1 N–H and O–H groups in total. The molecule has 0 saturated carbocycles. The first-order valence-corrected chi connectivity index (χ1v) is 8.05. The average Bonchev–Trinajstić information content (AvgIpc) is 3.25. The van der Waals surface area contributed by atoms with Gasteiger partial charge in [0.05, 0.1) is 26.0 Å². The van der Waals surface area contributed by atoms with Gasteiger partial charge in [-0.15, -0.1) is 0 Å². The highest BCUT2D eigenvalue weighted by Gasteiger charge is 2.24. The van der Waals surface area contributed by atoms with Crippen LogP contribution in [0.2, 0.25) is 0 Å². The highest BCUT2D eigenvalue weighted by Crippen LogP contribution is 2.27. The number of furan rings is 1. The van der Waals surface area contributed by atoms with E-state index < -0.39 is 0 Å². The molecule has 0 spiro atoms. The first-order chi connectivity index (χ1) is 11.8. The number of fused-ring (bicyclic) bond motifs is 1. The van der Waals surface area contributed by atoms with E-state index in [9.17, 15) is 4.79 Å². The van der Waals surface area contributed by atoms with Crippen LogP contribution in [0.5, 0.6) is 5.75 Å². The van der Waals surface area contributed by atoms with E-state index in [1.165, 1.54) is 5.56 Å². The van der Waals surface area contributed by atoms with E-state index in [4.69, 9.17) is 13.9 Å². The van der Waals surface area contributed by atoms with Crippen LogP contribution in [0.15, 0.2) is 47.1 Å². The quantitative estimate of drug-likeness (QED) is 0.847. The molecule has 1 aliphatic heterocycles. The van der Waals surface area contributed by atoms with E-state index in [0.29, 0.717) is 26.2 Å². The number of ether oxygens (including phenoxy) is 2. The number of nitrogens with one attached hydrogen (secondary N) is 1. The number of carbonyl (C=O) groups excluding carboxylic acids is 1. The zero-order chi connectivity index (χ0) is 16.8. The number of methoxy groups -OCH3 is 1. The zero-order valence-corrected chi connectivity index (χ0v) is 13.7. The summed E-state index contributed by atoms with van der Waals surface area (Å²) in [6.07, 6.45) is 2.39. The molecule has 0 saturated heterocycles. The summed E-state index contributed by atoms with van der Waals surface area (Å²) in [6, 6.07) is 11.5. The first kappa shape index (κ1) is 16.4. The van der Waals surface area contributed by atoms with Gasteiger partial charge in [-0.05, 0) is 23.8 Å². The van der Waals surface area contributed by atoms with Crippen molar-refractivity contribution in [2.24, 2.45) is 0 Å². The highest BCUT2D eigenvalue weighted by atomic mass is 16.5. The predicted octanol–water partition coefficient (Wildman–Crippen LogP) is 2.44. The second-order valence-electron chi connectivity index (χ2n) is 5.73. The monoisotopic (exact) mass is 330 g/mol. The van der Waals surface area contributed by atoms with Gasteiger partial charge in [-0.1, -0.05) is 18.2 Å². The lowest BCUT2D eigenvalue weighted by molar-refractivity contribution is 0.139. The number of urea groups is 1. The summed E-state index contributed by atoms with van der Waals surface area (Å²) in [4.78, 5) is 14.1. The number of hydrogen-bond acceptors (Lipinski definition) is 4. The molecule has 2 heterocycles. The molecule has 1 aromatic carbocycles. The number of carbonyl (C=O) groups is 1. The van der Waals surface area contributed by atoms with Crippen molar-refractivity contribution >= 4 is 6.03 Å². The van der Waals surface area contributed by atoms with Crippen LogP contribution in [-0.4, -0.2) is 43.8 Å². The minimum Gasteiger partial charge on any atom is -0.488 e. The van der Waals surface area contributed by atoms with Crippen molar-refractivity contribution in [3.8, 4) is 5.75 Å². The molecular formula is C18H22N2O4. The van der Waals surface area contributed by atoms with Gasteiger partial charge in [0.25, 0.3) is 0 Å².